The lowest BCUT2D eigenvalue weighted by Gasteiger charge is -2.33. The fraction of sp³-hybridized carbons (Fsp3) is 0.909. The maximum absolute atomic E-state index is 10.5. The van der Waals surface area contributed by atoms with Crippen molar-refractivity contribution in [1.82, 2.24) is 10.2 Å². The predicted molar refractivity (Wildman–Crippen MR) is 58.2 cm³/mol. The van der Waals surface area contributed by atoms with Gasteiger partial charge in [-0.2, -0.15) is 0 Å². The van der Waals surface area contributed by atoms with Crippen LogP contribution in [0.15, 0.2) is 0 Å². The van der Waals surface area contributed by atoms with Crippen LogP contribution in [0.4, 0.5) is 0 Å². The highest BCUT2D eigenvalue weighted by Gasteiger charge is 2.23. The Kier molecular flexibility index (Phi) is 4.94. The molecule has 3 heteroatoms. The first-order valence-corrected chi connectivity index (χ1v) is 5.62. The first-order valence-electron chi connectivity index (χ1n) is 5.62. The van der Waals surface area contributed by atoms with E-state index in [0.717, 1.165) is 12.8 Å². The Morgan fingerprint density at radius 3 is 2.36 bits per heavy atom. The molecule has 0 aromatic heterocycles. The van der Waals surface area contributed by atoms with E-state index in [-0.39, 0.29) is 0 Å². The van der Waals surface area contributed by atoms with E-state index in [1.165, 1.54) is 32.1 Å². The third-order valence-electron chi connectivity index (χ3n) is 3.17. The van der Waals surface area contributed by atoms with Crippen LogP contribution in [-0.4, -0.2) is 37.5 Å². The van der Waals surface area contributed by atoms with Gasteiger partial charge in [-0.1, -0.05) is 25.7 Å². The molecule has 0 aromatic carbocycles. The minimum atomic E-state index is 0.350. The van der Waals surface area contributed by atoms with Gasteiger partial charge in [-0.25, -0.2) is 0 Å². The molecule has 1 aliphatic carbocycles. The van der Waals surface area contributed by atoms with E-state index in [2.05, 4.69) is 24.3 Å². The van der Waals surface area contributed by atoms with E-state index in [9.17, 15) is 4.79 Å². The summed E-state index contributed by atoms with van der Waals surface area (Å²) in [4.78, 5) is 12.8. The summed E-state index contributed by atoms with van der Waals surface area (Å²) < 4.78 is 0. The summed E-state index contributed by atoms with van der Waals surface area (Å²) in [7, 11) is 4.21. The number of hydrogen-bond donors (Lipinski definition) is 1. The van der Waals surface area contributed by atoms with Crippen LogP contribution in [-0.2, 0) is 4.79 Å². The molecule has 0 heterocycles. The lowest BCUT2D eigenvalue weighted by molar-refractivity contribution is -0.110. The van der Waals surface area contributed by atoms with Crippen LogP contribution in [0.5, 0.6) is 0 Å². The molecular formula is C11H22N2O. The molecule has 0 saturated heterocycles. The zero-order chi connectivity index (χ0) is 10.4. The summed E-state index contributed by atoms with van der Waals surface area (Å²) >= 11 is 0. The van der Waals surface area contributed by atoms with Crippen molar-refractivity contribution in [1.29, 1.82) is 0 Å². The Hall–Kier alpha value is -0.570. The van der Waals surface area contributed by atoms with Crippen LogP contribution in [0.2, 0.25) is 0 Å². The van der Waals surface area contributed by atoms with Crippen LogP contribution in [0.1, 0.15) is 38.5 Å². The van der Waals surface area contributed by atoms with E-state index in [4.69, 9.17) is 0 Å². The fourth-order valence-electron chi connectivity index (χ4n) is 2.36. The number of hydrogen-bond acceptors (Lipinski definition) is 2. The summed E-state index contributed by atoms with van der Waals surface area (Å²) in [5.74, 6) is 0. The van der Waals surface area contributed by atoms with E-state index in [0.29, 0.717) is 12.1 Å². The van der Waals surface area contributed by atoms with Crippen molar-refractivity contribution in [3.05, 3.63) is 0 Å². The zero-order valence-corrected chi connectivity index (χ0v) is 9.33. The Bertz CT molecular complexity index is 171. The highest BCUT2D eigenvalue weighted by molar-refractivity contribution is 5.46. The van der Waals surface area contributed by atoms with Gasteiger partial charge in [0.25, 0.3) is 0 Å². The van der Waals surface area contributed by atoms with Crippen molar-refractivity contribution in [2.75, 3.05) is 14.1 Å². The van der Waals surface area contributed by atoms with Crippen molar-refractivity contribution >= 4 is 6.41 Å². The van der Waals surface area contributed by atoms with Gasteiger partial charge >= 0.3 is 0 Å². The van der Waals surface area contributed by atoms with Gasteiger partial charge in [0.05, 0.1) is 0 Å². The van der Waals surface area contributed by atoms with Crippen LogP contribution in [0, 0.1) is 0 Å². The highest BCUT2D eigenvalue weighted by atomic mass is 16.1. The van der Waals surface area contributed by atoms with E-state index in [1.807, 2.05) is 0 Å². The third-order valence-corrected chi connectivity index (χ3v) is 3.17. The molecule has 1 fully saturated rings. The molecule has 0 radical (unpaired) electrons. The first-order chi connectivity index (χ1) is 6.75. The molecule has 14 heavy (non-hydrogen) atoms. The van der Waals surface area contributed by atoms with Gasteiger partial charge in [-0.15, -0.1) is 0 Å². The van der Waals surface area contributed by atoms with E-state index >= 15 is 0 Å². The summed E-state index contributed by atoms with van der Waals surface area (Å²) in [5, 5.41) is 2.96. The van der Waals surface area contributed by atoms with Crippen molar-refractivity contribution in [3.8, 4) is 0 Å². The van der Waals surface area contributed by atoms with Crippen molar-refractivity contribution in [2.45, 2.75) is 50.6 Å². The summed E-state index contributed by atoms with van der Waals surface area (Å²) in [5.41, 5.74) is 0. The molecule has 1 amide bonds. The normalized spacial score (nSPS) is 29.4. The Morgan fingerprint density at radius 2 is 1.79 bits per heavy atom. The maximum atomic E-state index is 10.5. The first kappa shape index (κ1) is 11.5. The zero-order valence-electron chi connectivity index (χ0n) is 9.33. The second kappa shape index (κ2) is 6.02. The third kappa shape index (κ3) is 3.29. The number of nitrogens with zero attached hydrogens (tertiary/aromatic N) is 1. The van der Waals surface area contributed by atoms with Gasteiger partial charge in [-0.3, -0.25) is 4.79 Å². The maximum Gasteiger partial charge on any atom is 0.207 e. The minimum absolute atomic E-state index is 0.350. The van der Waals surface area contributed by atoms with Gasteiger partial charge in [0.15, 0.2) is 0 Å². The summed E-state index contributed by atoms with van der Waals surface area (Å²) in [6.07, 6.45) is 8.38. The summed E-state index contributed by atoms with van der Waals surface area (Å²) in [6, 6.07) is 0.864. The van der Waals surface area contributed by atoms with Gasteiger partial charge in [0.1, 0.15) is 0 Å². The van der Waals surface area contributed by atoms with Crippen molar-refractivity contribution in [3.63, 3.8) is 0 Å². The molecule has 2 atom stereocenters. The lowest BCUT2D eigenvalue weighted by Crippen LogP contribution is -2.47. The number of carbonyl (C=O) groups excluding carboxylic acids is 1. The standard InChI is InChI=1S/C11H22N2O/c1-13(2)11-8-6-4-3-5-7-10(11)12-9-14/h9-11H,3-8H2,1-2H3,(H,12,14)/t10-,11-/m1/s1. The topological polar surface area (TPSA) is 32.3 Å². The minimum Gasteiger partial charge on any atom is -0.354 e. The van der Waals surface area contributed by atoms with Gasteiger partial charge in [-0.05, 0) is 26.9 Å². The number of rotatable bonds is 3. The quantitative estimate of drug-likeness (QED) is 0.695. The second-order valence-corrected chi connectivity index (χ2v) is 4.41. The summed E-state index contributed by atoms with van der Waals surface area (Å²) in [6.45, 7) is 0. The lowest BCUT2D eigenvalue weighted by atomic mass is 9.92. The molecule has 1 N–H and O–H groups in total. The van der Waals surface area contributed by atoms with E-state index < -0.39 is 0 Å². The van der Waals surface area contributed by atoms with Gasteiger partial charge in [0.2, 0.25) is 6.41 Å². The van der Waals surface area contributed by atoms with Crippen LogP contribution >= 0.6 is 0 Å². The van der Waals surface area contributed by atoms with Gasteiger partial charge in [0, 0.05) is 12.1 Å². The Balaban J connectivity index is 2.55. The fourth-order valence-corrected chi connectivity index (χ4v) is 2.36. The molecule has 0 unspecified atom stereocenters. The highest BCUT2D eigenvalue weighted by Crippen LogP contribution is 2.20. The van der Waals surface area contributed by atoms with Crippen LogP contribution in [0.3, 0.4) is 0 Å². The molecule has 82 valence electrons. The number of amides is 1. The van der Waals surface area contributed by atoms with E-state index in [1.54, 1.807) is 0 Å². The molecule has 0 aromatic rings. The molecule has 3 nitrogen and oxygen atoms in total. The monoisotopic (exact) mass is 198 g/mol. The number of nitrogens with one attached hydrogen (secondary N) is 1. The molecular weight excluding hydrogens is 176 g/mol. The molecule has 1 rings (SSSR count). The average molecular weight is 198 g/mol. The van der Waals surface area contributed by atoms with Crippen LogP contribution < -0.4 is 5.32 Å². The number of carbonyl (C=O) groups is 1. The Morgan fingerprint density at radius 1 is 1.14 bits per heavy atom. The molecule has 0 bridgehead atoms. The molecule has 0 aliphatic heterocycles. The molecule has 1 saturated carbocycles. The predicted octanol–water partition coefficient (Wildman–Crippen LogP) is 1.39. The van der Waals surface area contributed by atoms with Crippen LogP contribution in [0.25, 0.3) is 0 Å². The number of likely N-dealkylation sites (N-methyl/N-ethyl adjacent to an activating group) is 1. The Labute approximate surface area is 86.9 Å². The average Bonchev–Trinajstić information content (AvgIpc) is 2.09. The molecule has 1 aliphatic rings. The smallest absolute Gasteiger partial charge is 0.207 e. The van der Waals surface area contributed by atoms with Crippen molar-refractivity contribution < 1.29 is 4.79 Å². The van der Waals surface area contributed by atoms with Gasteiger partial charge < -0.3 is 10.2 Å². The van der Waals surface area contributed by atoms with Crippen molar-refractivity contribution in [2.24, 2.45) is 0 Å². The SMILES string of the molecule is CN(C)[C@@H]1CCCCCC[C@H]1NC=O. The largest absolute Gasteiger partial charge is 0.354 e. The second-order valence-electron chi connectivity index (χ2n) is 4.41. The molecule has 0 spiro atoms.